The summed E-state index contributed by atoms with van der Waals surface area (Å²) < 4.78 is 0. The zero-order valence-corrected chi connectivity index (χ0v) is 8.43. The van der Waals surface area contributed by atoms with Gasteiger partial charge in [-0.1, -0.05) is 37.1 Å². The van der Waals surface area contributed by atoms with Gasteiger partial charge in [-0.25, -0.2) is 0 Å². The molecule has 0 spiro atoms. The lowest BCUT2D eigenvalue weighted by Crippen LogP contribution is -1.85. The van der Waals surface area contributed by atoms with Crippen LogP contribution >= 0.6 is 0 Å². The minimum Gasteiger partial charge on any atom is -0.392 e. The molecule has 0 aromatic heterocycles. The van der Waals surface area contributed by atoms with E-state index in [1.807, 2.05) is 6.08 Å². The van der Waals surface area contributed by atoms with E-state index in [-0.39, 0.29) is 6.61 Å². The maximum atomic E-state index is 8.54. The third-order valence-corrected chi connectivity index (χ3v) is 2.20. The third-order valence-electron chi connectivity index (χ3n) is 2.20. The monoisotopic (exact) mass is 168 g/mol. The summed E-state index contributed by atoms with van der Waals surface area (Å²) in [6, 6.07) is 0. The smallest absolute Gasteiger partial charge is 0.0612 e. The number of hydrogen-bond donors (Lipinski definition) is 1. The molecule has 12 heavy (non-hydrogen) atoms. The van der Waals surface area contributed by atoms with Gasteiger partial charge in [-0.3, -0.25) is 0 Å². The molecule has 0 saturated heterocycles. The molecule has 0 rings (SSSR count). The van der Waals surface area contributed by atoms with E-state index < -0.39 is 0 Å². The van der Waals surface area contributed by atoms with Crippen LogP contribution < -0.4 is 0 Å². The second-order valence-corrected chi connectivity index (χ2v) is 2.95. The first-order valence-corrected chi connectivity index (χ1v) is 4.69. The summed E-state index contributed by atoms with van der Waals surface area (Å²) in [6.45, 7) is 6.70. The minimum absolute atomic E-state index is 0.155. The van der Waals surface area contributed by atoms with Crippen molar-refractivity contribution in [1.82, 2.24) is 0 Å². The SMILES string of the molecule is CC/C(C)=C(\CC)CC=CCO. The highest BCUT2D eigenvalue weighted by Gasteiger charge is 1.95. The molecule has 0 heterocycles. The highest BCUT2D eigenvalue weighted by Crippen LogP contribution is 2.15. The van der Waals surface area contributed by atoms with Crippen molar-refractivity contribution in [1.29, 1.82) is 0 Å². The molecule has 0 saturated carbocycles. The summed E-state index contributed by atoms with van der Waals surface area (Å²) in [5, 5.41) is 8.54. The van der Waals surface area contributed by atoms with Gasteiger partial charge in [-0.15, -0.1) is 0 Å². The number of rotatable bonds is 5. The lowest BCUT2D eigenvalue weighted by Gasteiger charge is -2.05. The summed E-state index contributed by atoms with van der Waals surface area (Å²) in [4.78, 5) is 0. The molecular formula is C11H20O. The van der Waals surface area contributed by atoms with Crippen LogP contribution in [0.15, 0.2) is 23.3 Å². The van der Waals surface area contributed by atoms with Crippen LogP contribution in [-0.2, 0) is 0 Å². The normalized spacial score (nSPS) is 13.7. The first-order chi connectivity index (χ1) is 5.76. The van der Waals surface area contributed by atoms with Crippen LogP contribution in [0.5, 0.6) is 0 Å². The van der Waals surface area contributed by atoms with Gasteiger partial charge >= 0.3 is 0 Å². The van der Waals surface area contributed by atoms with Gasteiger partial charge in [-0.05, 0) is 26.2 Å². The van der Waals surface area contributed by atoms with E-state index in [0.717, 1.165) is 19.3 Å². The average Bonchev–Trinajstić information content (AvgIpc) is 2.11. The Labute approximate surface area is 75.8 Å². The molecule has 0 aliphatic heterocycles. The van der Waals surface area contributed by atoms with Crippen LogP contribution in [0.25, 0.3) is 0 Å². The summed E-state index contributed by atoms with van der Waals surface area (Å²) in [5.41, 5.74) is 2.99. The van der Waals surface area contributed by atoms with Crippen molar-refractivity contribution in [3.05, 3.63) is 23.3 Å². The van der Waals surface area contributed by atoms with Gasteiger partial charge in [0.25, 0.3) is 0 Å². The van der Waals surface area contributed by atoms with Crippen molar-refractivity contribution < 1.29 is 5.11 Å². The Morgan fingerprint density at radius 3 is 2.25 bits per heavy atom. The van der Waals surface area contributed by atoms with Crippen LogP contribution in [0, 0.1) is 0 Å². The molecular weight excluding hydrogens is 148 g/mol. The van der Waals surface area contributed by atoms with E-state index in [1.165, 1.54) is 11.1 Å². The molecule has 0 aromatic rings. The van der Waals surface area contributed by atoms with Crippen LogP contribution in [-0.4, -0.2) is 11.7 Å². The Balaban J connectivity index is 4.08. The summed E-state index contributed by atoms with van der Waals surface area (Å²) in [7, 11) is 0. The van der Waals surface area contributed by atoms with Crippen LogP contribution in [0.4, 0.5) is 0 Å². The maximum Gasteiger partial charge on any atom is 0.0612 e. The molecule has 70 valence electrons. The van der Waals surface area contributed by atoms with Crippen molar-refractivity contribution in [2.24, 2.45) is 0 Å². The first-order valence-electron chi connectivity index (χ1n) is 4.69. The Morgan fingerprint density at radius 1 is 1.17 bits per heavy atom. The zero-order valence-electron chi connectivity index (χ0n) is 8.43. The average molecular weight is 168 g/mol. The Bertz CT molecular complexity index is 166. The van der Waals surface area contributed by atoms with Gasteiger partial charge in [0.1, 0.15) is 0 Å². The lowest BCUT2D eigenvalue weighted by atomic mass is 10.0. The molecule has 0 aliphatic carbocycles. The van der Waals surface area contributed by atoms with Crippen LogP contribution in [0.3, 0.4) is 0 Å². The molecule has 0 amide bonds. The lowest BCUT2D eigenvalue weighted by molar-refractivity contribution is 0.342. The second kappa shape index (κ2) is 7.11. The topological polar surface area (TPSA) is 20.2 Å². The van der Waals surface area contributed by atoms with Gasteiger partial charge in [0.2, 0.25) is 0 Å². The van der Waals surface area contributed by atoms with E-state index in [9.17, 15) is 0 Å². The summed E-state index contributed by atoms with van der Waals surface area (Å²) in [5.74, 6) is 0. The molecule has 1 nitrogen and oxygen atoms in total. The van der Waals surface area contributed by atoms with Gasteiger partial charge in [-0.2, -0.15) is 0 Å². The Hall–Kier alpha value is -0.560. The fourth-order valence-electron chi connectivity index (χ4n) is 1.17. The van der Waals surface area contributed by atoms with Crippen molar-refractivity contribution in [3.63, 3.8) is 0 Å². The largest absolute Gasteiger partial charge is 0.392 e. The molecule has 0 fully saturated rings. The number of aliphatic hydroxyl groups is 1. The molecule has 0 radical (unpaired) electrons. The molecule has 1 heteroatoms. The van der Waals surface area contributed by atoms with E-state index in [1.54, 1.807) is 6.08 Å². The predicted octanol–water partition coefficient (Wildman–Crippen LogP) is 3.06. The second-order valence-electron chi connectivity index (χ2n) is 2.95. The van der Waals surface area contributed by atoms with Gasteiger partial charge in [0.05, 0.1) is 6.61 Å². The van der Waals surface area contributed by atoms with Crippen LogP contribution in [0.2, 0.25) is 0 Å². The third kappa shape index (κ3) is 4.35. The fourth-order valence-corrected chi connectivity index (χ4v) is 1.17. The van der Waals surface area contributed by atoms with Crippen LogP contribution in [0.1, 0.15) is 40.0 Å². The van der Waals surface area contributed by atoms with Gasteiger partial charge < -0.3 is 5.11 Å². The summed E-state index contributed by atoms with van der Waals surface area (Å²) >= 11 is 0. The number of hydrogen-bond acceptors (Lipinski definition) is 1. The van der Waals surface area contributed by atoms with Crippen molar-refractivity contribution in [2.45, 2.75) is 40.0 Å². The molecule has 0 bridgehead atoms. The molecule has 0 aliphatic rings. The highest BCUT2D eigenvalue weighted by molar-refractivity contribution is 5.14. The van der Waals surface area contributed by atoms with E-state index in [0.29, 0.717) is 0 Å². The Morgan fingerprint density at radius 2 is 1.83 bits per heavy atom. The molecule has 0 aromatic carbocycles. The van der Waals surface area contributed by atoms with E-state index in [2.05, 4.69) is 20.8 Å². The molecule has 0 unspecified atom stereocenters. The Kier molecular flexibility index (Phi) is 6.78. The molecule has 0 atom stereocenters. The van der Waals surface area contributed by atoms with Crippen molar-refractivity contribution >= 4 is 0 Å². The first kappa shape index (κ1) is 11.4. The quantitative estimate of drug-likeness (QED) is 0.625. The molecule has 1 N–H and O–H groups in total. The van der Waals surface area contributed by atoms with E-state index in [4.69, 9.17) is 5.11 Å². The maximum absolute atomic E-state index is 8.54. The van der Waals surface area contributed by atoms with E-state index >= 15 is 0 Å². The minimum atomic E-state index is 0.155. The number of allylic oxidation sites excluding steroid dienone is 3. The van der Waals surface area contributed by atoms with Gasteiger partial charge in [0, 0.05) is 0 Å². The van der Waals surface area contributed by atoms with Gasteiger partial charge in [0.15, 0.2) is 0 Å². The highest BCUT2D eigenvalue weighted by atomic mass is 16.2. The standard InChI is InChI=1S/C11H20O/c1-4-10(3)11(5-2)8-6-7-9-12/h6-7,12H,4-5,8-9H2,1-3H3/b7-6?,11-10+. The van der Waals surface area contributed by atoms with Crippen molar-refractivity contribution in [2.75, 3.05) is 6.61 Å². The zero-order chi connectivity index (χ0) is 9.40. The summed E-state index contributed by atoms with van der Waals surface area (Å²) in [6.07, 6.45) is 7.10. The fraction of sp³-hybridized carbons (Fsp3) is 0.636. The van der Waals surface area contributed by atoms with Crippen molar-refractivity contribution in [3.8, 4) is 0 Å². The number of aliphatic hydroxyl groups excluding tert-OH is 1. The predicted molar refractivity (Wildman–Crippen MR) is 54.1 cm³/mol.